The number of aromatic nitrogens is 2. The van der Waals surface area contributed by atoms with Crippen molar-refractivity contribution in [1.82, 2.24) is 9.97 Å². The summed E-state index contributed by atoms with van der Waals surface area (Å²) in [6.07, 6.45) is 5.12. The Kier molecular flexibility index (Phi) is 5.80. The number of pyridine rings is 2. The highest BCUT2D eigenvalue weighted by Gasteiger charge is 2.22. The van der Waals surface area contributed by atoms with Crippen LogP contribution in [0.4, 0.5) is 0 Å². The van der Waals surface area contributed by atoms with E-state index in [1.807, 2.05) is 48.5 Å². The maximum atomic E-state index is 13.7. The smallest absolute Gasteiger partial charge is 0.230 e. The molecule has 0 saturated carbocycles. The molecule has 2 aromatic carbocycles. The maximum absolute atomic E-state index is 13.7. The molecule has 0 aliphatic rings. The lowest BCUT2D eigenvalue weighted by Crippen LogP contribution is -2.10. The number of aryl methyl sites for hydroxylation is 2. The molecule has 0 N–H and O–H groups in total. The Bertz CT molecular complexity index is 1100. The van der Waals surface area contributed by atoms with Crippen LogP contribution in [0.5, 0.6) is 0 Å². The van der Waals surface area contributed by atoms with Crippen molar-refractivity contribution < 1.29 is 4.79 Å². The van der Waals surface area contributed by atoms with Gasteiger partial charge >= 0.3 is 0 Å². The lowest BCUT2D eigenvalue weighted by atomic mass is 9.92. The summed E-state index contributed by atoms with van der Waals surface area (Å²) in [4.78, 5) is 22.7. The summed E-state index contributed by atoms with van der Waals surface area (Å²) in [5, 5.41) is 0. The van der Waals surface area contributed by atoms with Crippen LogP contribution < -0.4 is 0 Å². The van der Waals surface area contributed by atoms with Crippen LogP contribution in [-0.2, 0) is 12.8 Å². The maximum Gasteiger partial charge on any atom is 0.230 e. The third kappa shape index (κ3) is 3.67. The van der Waals surface area contributed by atoms with Crippen molar-refractivity contribution in [2.24, 2.45) is 0 Å². The number of hydrogen-bond donors (Lipinski definition) is 0. The van der Waals surface area contributed by atoms with E-state index in [0.29, 0.717) is 11.4 Å². The van der Waals surface area contributed by atoms with Crippen LogP contribution in [0.2, 0.25) is 0 Å². The van der Waals surface area contributed by atoms with Gasteiger partial charge in [-0.2, -0.15) is 0 Å². The molecule has 3 nitrogen and oxygen atoms in total. The predicted molar refractivity (Wildman–Crippen MR) is 122 cm³/mol. The van der Waals surface area contributed by atoms with E-state index < -0.39 is 0 Å². The van der Waals surface area contributed by atoms with Crippen molar-refractivity contribution in [1.29, 1.82) is 0 Å². The van der Waals surface area contributed by atoms with Crippen LogP contribution in [0.1, 0.15) is 41.2 Å². The summed E-state index contributed by atoms with van der Waals surface area (Å²) in [5.41, 5.74) is 7.04. The van der Waals surface area contributed by atoms with E-state index in [0.717, 1.165) is 35.1 Å². The molecule has 0 atom stereocenters. The molecule has 2 aromatic heterocycles. The van der Waals surface area contributed by atoms with E-state index in [2.05, 4.69) is 48.1 Å². The standard InChI is InChI=1S/C27H24N2O/c1-3-19-11-5-7-13-21(19)23-15-9-17-28-25(23)27(30)26-24(16-10-18-29-26)22-14-8-6-12-20(22)4-2/h5-18H,3-4H2,1-2H3. The first-order valence-corrected chi connectivity index (χ1v) is 10.4. The first-order valence-electron chi connectivity index (χ1n) is 10.4. The number of carbonyl (C=O) groups is 1. The van der Waals surface area contributed by atoms with Gasteiger partial charge in [0.25, 0.3) is 0 Å². The summed E-state index contributed by atoms with van der Waals surface area (Å²) in [6, 6.07) is 24.1. The molecular weight excluding hydrogens is 368 g/mol. The van der Waals surface area contributed by atoms with Gasteiger partial charge < -0.3 is 0 Å². The third-order valence-corrected chi connectivity index (χ3v) is 5.42. The Hall–Kier alpha value is -3.59. The van der Waals surface area contributed by atoms with E-state index in [4.69, 9.17) is 0 Å². The molecule has 0 aliphatic heterocycles. The molecular formula is C27H24N2O. The number of ketones is 1. The average molecular weight is 393 g/mol. The molecule has 0 saturated heterocycles. The second-order valence-electron chi connectivity index (χ2n) is 7.15. The monoisotopic (exact) mass is 392 g/mol. The van der Waals surface area contributed by atoms with Crippen LogP contribution in [0, 0.1) is 0 Å². The van der Waals surface area contributed by atoms with Gasteiger partial charge in [-0.15, -0.1) is 0 Å². The average Bonchev–Trinajstić information content (AvgIpc) is 2.83. The van der Waals surface area contributed by atoms with E-state index in [1.54, 1.807) is 12.4 Å². The summed E-state index contributed by atoms with van der Waals surface area (Å²) in [6.45, 7) is 4.24. The van der Waals surface area contributed by atoms with Crippen LogP contribution in [0.3, 0.4) is 0 Å². The highest BCUT2D eigenvalue weighted by atomic mass is 16.1. The van der Waals surface area contributed by atoms with Crippen LogP contribution in [0.15, 0.2) is 85.2 Å². The molecule has 0 unspecified atom stereocenters. The normalized spacial score (nSPS) is 10.7. The van der Waals surface area contributed by atoms with Gasteiger partial charge in [0.15, 0.2) is 0 Å². The molecule has 0 radical (unpaired) electrons. The van der Waals surface area contributed by atoms with Crippen molar-refractivity contribution >= 4 is 5.78 Å². The third-order valence-electron chi connectivity index (χ3n) is 5.42. The summed E-state index contributed by atoms with van der Waals surface area (Å²) in [7, 11) is 0. The number of rotatable bonds is 6. The van der Waals surface area contributed by atoms with Crippen molar-refractivity contribution in [2.45, 2.75) is 26.7 Å². The fourth-order valence-corrected chi connectivity index (χ4v) is 3.90. The summed E-state index contributed by atoms with van der Waals surface area (Å²) >= 11 is 0. The van der Waals surface area contributed by atoms with Crippen LogP contribution >= 0.6 is 0 Å². The minimum absolute atomic E-state index is 0.155. The van der Waals surface area contributed by atoms with E-state index in [1.165, 1.54) is 11.1 Å². The molecule has 0 fully saturated rings. The summed E-state index contributed by atoms with van der Waals surface area (Å²) < 4.78 is 0. The zero-order valence-corrected chi connectivity index (χ0v) is 17.3. The van der Waals surface area contributed by atoms with Crippen molar-refractivity contribution in [2.75, 3.05) is 0 Å². The Balaban J connectivity index is 1.87. The fraction of sp³-hybridized carbons (Fsp3) is 0.148. The minimum atomic E-state index is -0.155. The van der Waals surface area contributed by atoms with Gasteiger partial charge in [-0.25, -0.2) is 0 Å². The van der Waals surface area contributed by atoms with Gasteiger partial charge in [0.2, 0.25) is 5.78 Å². The minimum Gasteiger partial charge on any atom is -0.285 e. The van der Waals surface area contributed by atoms with Gasteiger partial charge in [-0.3, -0.25) is 14.8 Å². The van der Waals surface area contributed by atoms with Gasteiger partial charge in [-0.1, -0.05) is 74.5 Å². The molecule has 3 heteroatoms. The molecule has 0 bridgehead atoms. The highest BCUT2D eigenvalue weighted by molar-refractivity contribution is 6.13. The van der Waals surface area contributed by atoms with E-state index in [-0.39, 0.29) is 5.78 Å². The predicted octanol–water partition coefficient (Wildman–Crippen LogP) is 6.17. The Labute approximate surface area is 177 Å². The van der Waals surface area contributed by atoms with Gasteiger partial charge in [0.1, 0.15) is 11.4 Å². The van der Waals surface area contributed by atoms with Crippen molar-refractivity contribution in [3.8, 4) is 22.3 Å². The number of benzene rings is 2. The Morgan fingerprint density at radius 2 is 1.00 bits per heavy atom. The molecule has 30 heavy (non-hydrogen) atoms. The van der Waals surface area contributed by atoms with E-state index >= 15 is 0 Å². The number of hydrogen-bond acceptors (Lipinski definition) is 3. The Morgan fingerprint density at radius 3 is 1.43 bits per heavy atom. The zero-order valence-electron chi connectivity index (χ0n) is 17.3. The van der Waals surface area contributed by atoms with Crippen molar-refractivity contribution in [3.05, 3.63) is 108 Å². The van der Waals surface area contributed by atoms with Gasteiger partial charge in [-0.05, 0) is 47.2 Å². The van der Waals surface area contributed by atoms with Gasteiger partial charge in [0.05, 0.1) is 0 Å². The lowest BCUT2D eigenvalue weighted by Gasteiger charge is -2.14. The topological polar surface area (TPSA) is 42.9 Å². The molecule has 0 spiro atoms. The number of carbonyl (C=O) groups excluding carboxylic acids is 1. The number of nitrogens with zero attached hydrogens (tertiary/aromatic N) is 2. The highest BCUT2D eigenvalue weighted by Crippen LogP contribution is 2.31. The second kappa shape index (κ2) is 8.83. The molecule has 0 amide bonds. The van der Waals surface area contributed by atoms with Crippen molar-refractivity contribution in [3.63, 3.8) is 0 Å². The largest absolute Gasteiger partial charge is 0.285 e. The molecule has 4 rings (SSSR count). The first-order chi connectivity index (χ1) is 14.7. The quantitative estimate of drug-likeness (QED) is 0.369. The van der Waals surface area contributed by atoms with Crippen LogP contribution in [-0.4, -0.2) is 15.8 Å². The van der Waals surface area contributed by atoms with Gasteiger partial charge in [0, 0.05) is 23.5 Å². The first kappa shape index (κ1) is 19.7. The Morgan fingerprint density at radius 1 is 0.600 bits per heavy atom. The fourth-order valence-electron chi connectivity index (χ4n) is 3.90. The molecule has 148 valence electrons. The molecule has 2 heterocycles. The molecule has 0 aliphatic carbocycles. The lowest BCUT2D eigenvalue weighted by molar-refractivity contribution is 0.103. The zero-order chi connectivity index (χ0) is 20.9. The molecule has 4 aromatic rings. The second-order valence-corrected chi connectivity index (χ2v) is 7.15. The summed E-state index contributed by atoms with van der Waals surface area (Å²) in [5.74, 6) is -0.155. The van der Waals surface area contributed by atoms with E-state index in [9.17, 15) is 4.79 Å². The SMILES string of the molecule is CCc1ccccc1-c1cccnc1C(=O)c1ncccc1-c1ccccc1CC. The van der Waals surface area contributed by atoms with Crippen LogP contribution in [0.25, 0.3) is 22.3 Å².